The van der Waals surface area contributed by atoms with Crippen molar-refractivity contribution in [2.75, 3.05) is 19.7 Å². The third-order valence-electron chi connectivity index (χ3n) is 2.31. The number of carbonyl (C=O) groups excluding carboxylic acids is 1. The van der Waals surface area contributed by atoms with Gasteiger partial charge in [-0.1, -0.05) is 0 Å². The molecule has 0 unspecified atom stereocenters. The molecule has 2 rings (SSSR count). The lowest BCUT2D eigenvalue weighted by Crippen LogP contribution is -2.34. The average molecular weight is 266 g/mol. The maximum atomic E-state index is 11.4. The summed E-state index contributed by atoms with van der Waals surface area (Å²) >= 11 is 0. The molecule has 1 aromatic heterocycles. The first-order chi connectivity index (χ1) is 9.08. The highest BCUT2D eigenvalue weighted by Gasteiger charge is 2.19. The number of hydrogen-bond acceptors (Lipinski definition) is 7. The van der Waals surface area contributed by atoms with Gasteiger partial charge in [0, 0.05) is 5.71 Å². The van der Waals surface area contributed by atoms with Crippen molar-refractivity contribution < 1.29 is 14.1 Å². The van der Waals surface area contributed by atoms with E-state index in [2.05, 4.69) is 15.3 Å². The maximum absolute atomic E-state index is 11.4. The number of hydrazone groups is 1. The highest BCUT2D eigenvalue weighted by Crippen LogP contribution is 2.07. The van der Waals surface area contributed by atoms with Crippen molar-refractivity contribution in [3.8, 4) is 0 Å². The zero-order valence-electron chi connectivity index (χ0n) is 10.7. The van der Waals surface area contributed by atoms with E-state index in [9.17, 15) is 9.59 Å². The standard InChI is InChI=1S/C11H14N4O4/c1-3-18-10(17)6-15-5-7(2)12-11(13-15)8-4-9(16)14-19-8/h4H,3,5-6H2,1-2H3,(H,14,16). The van der Waals surface area contributed by atoms with Gasteiger partial charge in [0.15, 0.2) is 0 Å². The molecule has 8 nitrogen and oxygen atoms in total. The van der Waals surface area contributed by atoms with Crippen LogP contribution in [-0.2, 0) is 9.53 Å². The highest BCUT2D eigenvalue weighted by molar-refractivity contribution is 6.06. The van der Waals surface area contributed by atoms with Crippen LogP contribution in [0.2, 0.25) is 0 Å². The molecule has 8 heteroatoms. The number of amidine groups is 1. The molecule has 19 heavy (non-hydrogen) atoms. The van der Waals surface area contributed by atoms with E-state index >= 15 is 0 Å². The number of nitrogens with one attached hydrogen (secondary N) is 1. The van der Waals surface area contributed by atoms with Crippen LogP contribution in [0.5, 0.6) is 0 Å². The van der Waals surface area contributed by atoms with Gasteiger partial charge in [0.2, 0.25) is 11.6 Å². The number of H-pyrrole nitrogens is 1. The van der Waals surface area contributed by atoms with Crippen LogP contribution < -0.4 is 5.56 Å². The summed E-state index contributed by atoms with van der Waals surface area (Å²) in [4.78, 5) is 26.6. The second-order valence-corrected chi connectivity index (χ2v) is 3.98. The number of ether oxygens (including phenoxy) is 1. The van der Waals surface area contributed by atoms with Gasteiger partial charge < -0.3 is 9.26 Å². The van der Waals surface area contributed by atoms with E-state index in [1.165, 1.54) is 11.1 Å². The molecule has 0 aromatic carbocycles. The average Bonchev–Trinajstić information content (AvgIpc) is 2.75. The molecule has 0 amide bonds. The minimum Gasteiger partial charge on any atom is -0.465 e. The van der Waals surface area contributed by atoms with Crippen molar-refractivity contribution in [1.29, 1.82) is 0 Å². The number of aliphatic imine (C=N–C) groups is 1. The molecule has 0 spiro atoms. The number of rotatable bonds is 4. The van der Waals surface area contributed by atoms with Gasteiger partial charge in [-0.05, 0) is 13.8 Å². The van der Waals surface area contributed by atoms with Gasteiger partial charge in [0.25, 0.3) is 5.56 Å². The molecule has 0 bridgehead atoms. The van der Waals surface area contributed by atoms with Crippen LogP contribution in [0.1, 0.15) is 19.6 Å². The number of aromatic amines is 1. The van der Waals surface area contributed by atoms with E-state index in [0.29, 0.717) is 13.2 Å². The summed E-state index contributed by atoms with van der Waals surface area (Å²) in [6.07, 6.45) is 0. The summed E-state index contributed by atoms with van der Waals surface area (Å²) in [5.41, 5.74) is 0.395. The molecule has 0 radical (unpaired) electrons. The first-order valence-corrected chi connectivity index (χ1v) is 5.80. The molecular weight excluding hydrogens is 252 g/mol. The monoisotopic (exact) mass is 266 g/mol. The van der Waals surface area contributed by atoms with E-state index < -0.39 is 0 Å². The molecule has 1 aliphatic heterocycles. The lowest BCUT2D eigenvalue weighted by molar-refractivity contribution is -0.144. The first-order valence-electron chi connectivity index (χ1n) is 5.80. The van der Waals surface area contributed by atoms with Crippen LogP contribution in [0.25, 0.3) is 0 Å². The summed E-state index contributed by atoms with van der Waals surface area (Å²) in [5.74, 6) is 0.125. The number of carbonyl (C=O) groups is 1. The lowest BCUT2D eigenvalue weighted by Gasteiger charge is -2.21. The fourth-order valence-electron chi connectivity index (χ4n) is 1.62. The molecule has 0 saturated carbocycles. The third kappa shape index (κ3) is 3.30. The van der Waals surface area contributed by atoms with E-state index in [1.54, 1.807) is 13.8 Å². The van der Waals surface area contributed by atoms with Gasteiger partial charge in [-0.3, -0.25) is 14.6 Å². The predicted molar refractivity (Wildman–Crippen MR) is 67.2 cm³/mol. The smallest absolute Gasteiger partial charge is 0.327 e. The Balaban J connectivity index is 2.16. The molecule has 2 heterocycles. The van der Waals surface area contributed by atoms with Crippen molar-refractivity contribution in [3.05, 3.63) is 22.2 Å². The number of nitrogens with zero attached hydrogens (tertiary/aromatic N) is 3. The fourth-order valence-corrected chi connectivity index (χ4v) is 1.62. The second kappa shape index (κ2) is 5.51. The Morgan fingerprint density at radius 3 is 3.05 bits per heavy atom. The predicted octanol–water partition coefficient (Wildman–Crippen LogP) is -0.0309. The maximum Gasteiger partial charge on any atom is 0.327 e. The van der Waals surface area contributed by atoms with Gasteiger partial charge in [-0.25, -0.2) is 4.99 Å². The lowest BCUT2D eigenvalue weighted by atomic mass is 10.3. The molecule has 102 valence electrons. The quantitative estimate of drug-likeness (QED) is 0.771. The number of esters is 1. The van der Waals surface area contributed by atoms with Gasteiger partial charge in [-0.15, -0.1) is 0 Å². The first kappa shape index (κ1) is 13.1. The highest BCUT2D eigenvalue weighted by atomic mass is 16.5. The van der Waals surface area contributed by atoms with Crippen molar-refractivity contribution in [2.45, 2.75) is 13.8 Å². The molecular formula is C11H14N4O4. The normalized spacial score (nSPS) is 14.9. The fraction of sp³-hybridized carbons (Fsp3) is 0.455. The number of aromatic nitrogens is 1. The summed E-state index contributed by atoms with van der Waals surface area (Å²) in [6.45, 7) is 4.32. The topological polar surface area (TPSA) is 100 Å². The zero-order valence-corrected chi connectivity index (χ0v) is 10.7. The molecule has 0 saturated heterocycles. The largest absolute Gasteiger partial charge is 0.465 e. The Bertz CT molecular complexity index is 584. The Morgan fingerprint density at radius 1 is 1.63 bits per heavy atom. The SMILES string of the molecule is CCOC(=O)CN1CC(C)=NC(c2cc(=O)[nH]o2)=N1. The van der Waals surface area contributed by atoms with Crippen molar-refractivity contribution in [2.24, 2.45) is 10.1 Å². The van der Waals surface area contributed by atoms with Crippen molar-refractivity contribution >= 4 is 17.5 Å². The van der Waals surface area contributed by atoms with Crippen LogP contribution in [0.15, 0.2) is 25.5 Å². The van der Waals surface area contributed by atoms with E-state index in [1.807, 2.05) is 0 Å². The van der Waals surface area contributed by atoms with E-state index in [-0.39, 0.29) is 29.7 Å². The zero-order chi connectivity index (χ0) is 13.8. The van der Waals surface area contributed by atoms with Gasteiger partial charge in [-0.2, -0.15) is 10.3 Å². The van der Waals surface area contributed by atoms with E-state index in [0.717, 1.165) is 5.71 Å². The van der Waals surface area contributed by atoms with E-state index in [4.69, 9.17) is 9.26 Å². The Hall–Kier alpha value is -2.38. The summed E-state index contributed by atoms with van der Waals surface area (Å²) in [5, 5.41) is 7.83. The Kier molecular flexibility index (Phi) is 3.79. The Labute approximate surface area is 108 Å². The summed E-state index contributed by atoms with van der Waals surface area (Å²) in [6, 6.07) is 1.25. The molecule has 1 aromatic rings. The molecule has 1 N–H and O–H groups in total. The van der Waals surface area contributed by atoms with Crippen molar-refractivity contribution in [3.63, 3.8) is 0 Å². The molecule has 0 aliphatic carbocycles. The molecule has 0 atom stereocenters. The van der Waals surface area contributed by atoms with Crippen molar-refractivity contribution in [1.82, 2.24) is 10.2 Å². The minimum absolute atomic E-state index is 0.0266. The molecule has 0 fully saturated rings. The number of hydrogen-bond donors (Lipinski definition) is 1. The van der Waals surface area contributed by atoms with Crippen LogP contribution in [-0.4, -0.2) is 47.4 Å². The Morgan fingerprint density at radius 2 is 2.42 bits per heavy atom. The summed E-state index contributed by atoms with van der Waals surface area (Å²) in [7, 11) is 0. The van der Waals surface area contributed by atoms with Crippen LogP contribution in [0, 0.1) is 0 Å². The van der Waals surface area contributed by atoms with Gasteiger partial charge >= 0.3 is 5.97 Å². The molecule has 1 aliphatic rings. The minimum atomic E-state index is -0.368. The van der Waals surface area contributed by atoms with Gasteiger partial charge in [0.1, 0.15) is 6.54 Å². The summed E-state index contributed by atoms with van der Waals surface area (Å²) < 4.78 is 9.79. The van der Waals surface area contributed by atoms with Crippen LogP contribution in [0.4, 0.5) is 0 Å². The van der Waals surface area contributed by atoms with Gasteiger partial charge in [0.05, 0.1) is 19.2 Å². The second-order valence-electron chi connectivity index (χ2n) is 3.98. The van der Waals surface area contributed by atoms with Crippen LogP contribution in [0.3, 0.4) is 0 Å². The van der Waals surface area contributed by atoms with Crippen LogP contribution >= 0.6 is 0 Å². The third-order valence-corrected chi connectivity index (χ3v) is 2.31.